The van der Waals surface area contributed by atoms with Crippen LogP contribution < -0.4 is 5.32 Å². The Kier molecular flexibility index (Phi) is 5.85. The molecule has 3 N–H and O–H groups in total. The summed E-state index contributed by atoms with van der Waals surface area (Å²) >= 11 is 0. The van der Waals surface area contributed by atoms with Gasteiger partial charge in [-0.15, -0.1) is 0 Å². The molecule has 1 rings (SSSR count). The van der Waals surface area contributed by atoms with Crippen LogP contribution in [0.15, 0.2) is 18.2 Å². The number of rotatable bonds is 7. The van der Waals surface area contributed by atoms with Crippen molar-refractivity contribution < 1.29 is 23.8 Å². The molecule has 0 saturated carbocycles. The van der Waals surface area contributed by atoms with Gasteiger partial charge in [0.25, 0.3) is 0 Å². The highest BCUT2D eigenvalue weighted by Crippen LogP contribution is 2.22. The summed E-state index contributed by atoms with van der Waals surface area (Å²) in [4.78, 5) is 10.5. The van der Waals surface area contributed by atoms with E-state index >= 15 is 0 Å². The van der Waals surface area contributed by atoms with E-state index in [0.717, 1.165) is 12.1 Å². The number of halogens is 2. The number of carboxylic acid groups (broad SMARTS) is 1. The van der Waals surface area contributed by atoms with Crippen molar-refractivity contribution in [3.8, 4) is 0 Å². The highest BCUT2D eigenvalue weighted by atomic mass is 19.2. The standard InChI is InChI=1S/C13H17F2NO3/c1-2-16-11(5-6-12(17)18)13(19)8-3-4-9(14)10(15)7-8/h3-4,7,11,13,16,19H,2,5-6H2,1H3,(H,17,18). The molecule has 0 aromatic heterocycles. The summed E-state index contributed by atoms with van der Waals surface area (Å²) in [5, 5.41) is 21.7. The summed E-state index contributed by atoms with van der Waals surface area (Å²) in [5.74, 6) is -2.99. The van der Waals surface area contributed by atoms with Gasteiger partial charge in [-0.1, -0.05) is 13.0 Å². The molecule has 19 heavy (non-hydrogen) atoms. The smallest absolute Gasteiger partial charge is 0.303 e. The third-order valence-electron chi connectivity index (χ3n) is 2.80. The summed E-state index contributed by atoms with van der Waals surface area (Å²) in [6.07, 6.45) is -1.00. The van der Waals surface area contributed by atoms with Gasteiger partial charge in [-0.25, -0.2) is 8.78 Å². The number of aliphatic hydroxyl groups is 1. The van der Waals surface area contributed by atoms with Gasteiger partial charge in [0.15, 0.2) is 11.6 Å². The van der Waals surface area contributed by atoms with Crippen molar-refractivity contribution in [1.29, 1.82) is 0 Å². The molecule has 1 aromatic carbocycles. The molecule has 4 nitrogen and oxygen atoms in total. The minimum Gasteiger partial charge on any atom is -0.481 e. The fourth-order valence-electron chi connectivity index (χ4n) is 1.84. The average Bonchev–Trinajstić information content (AvgIpc) is 2.36. The maximum absolute atomic E-state index is 13.1. The SMILES string of the molecule is CCNC(CCC(=O)O)C(O)c1ccc(F)c(F)c1. The number of carboxylic acids is 1. The second kappa shape index (κ2) is 7.16. The molecule has 0 bridgehead atoms. The van der Waals surface area contributed by atoms with Crippen molar-refractivity contribution in [2.24, 2.45) is 0 Å². The molecule has 0 heterocycles. The zero-order chi connectivity index (χ0) is 14.4. The number of likely N-dealkylation sites (N-methyl/N-ethyl adjacent to an activating group) is 1. The van der Waals surface area contributed by atoms with Gasteiger partial charge in [-0.05, 0) is 30.7 Å². The van der Waals surface area contributed by atoms with E-state index in [1.807, 2.05) is 6.92 Å². The third kappa shape index (κ3) is 4.57. The Balaban J connectivity index is 2.81. The molecule has 106 valence electrons. The van der Waals surface area contributed by atoms with Crippen LogP contribution in [0.3, 0.4) is 0 Å². The summed E-state index contributed by atoms with van der Waals surface area (Å²) in [5.41, 5.74) is 0.218. The molecule has 0 aliphatic carbocycles. The van der Waals surface area contributed by atoms with Crippen LogP contribution in [0.2, 0.25) is 0 Å². The van der Waals surface area contributed by atoms with Gasteiger partial charge in [-0.2, -0.15) is 0 Å². The van der Waals surface area contributed by atoms with Crippen molar-refractivity contribution in [1.82, 2.24) is 5.32 Å². The first-order chi connectivity index (χ1) is 8.95. The number of nitrogens with one attached hydrogen (secondary N) is 1. The van der Waals surface area contributed by atoms with Crippen molar-refractivity contribution in [3.05, 3.63) is 35.4 Å². The average molecular weight is 273 g/mol. The first-order valence-electron chi connectivity index (χ1n) is 6.04. The maximum Gasteiger partial charge on any atom is 0.303 e. The predicted octanol–water partition coefficient (Wildman–Crippen LogP) is 1.84. The van der Waals surface area contributed by atoms with Gasteiger partial charge in [0.05, 0.1) is 6.10 Å². The highest BCUT2D eigenvalue weighted by molar-refractivity contribution is 5.66. The van der Waals surface area contributed by atoms with Crippen LogP contribution in [0.1, 0.15) is 31.4 Å². The molecule has 6 heteroatoms. The second-order valence-corrected chi connectivity index (χ2v) is 4.21. The van der Waals surface area contributed by atoms with Crippen molar-refractivity contribution in [2.45, 2.75) is 31.9 Å². The largest absolute Gasteiger partial charge is 0.481 e. The number of benzene rings is 1. The molecule has 1 aromatic rings. The van der Waals surface area contributed by atoms with Gasteiger partial charge in [-0.3, -0.25) is 4.79 Å². The second-order valence-electron chi connectivity index (χ2n) is 4.21. The Labute approximate surface area is 110 Å². The Morgan fingerprint density at radius 1 is 1.37 bits per heavy atom. The number of carbonyl (C=O) groups is 1. The topological polar surface area (TPSA) is 69.6 Å². The van der Waals surface area contributed by atoms with E-state index in [2.05, 4.69) is 5.32 Å². The molecular formula is C13H17F2NO3. The van der Waals surface area contributed by atoms with E-state index in [9.17, 15) is 18.7 Å². The molecular weight excluding hydrogens is 256 g/mol. The quantitative estimate of drug-likeness (QED) is 0.709. The van der Waals surface area contributed by atoms with E-state index < -0.39 is 29.7 Å². The fraction of sp³-hybridized carbons (Fsp3) is 0.462. The minimum absolute atomic E-state index is 0.113. The number of hydrogen-bond acceptors (Lipinski definition) is 3. The monoisotopic (exact) mass is 273 g/mol. The van der Waals surface area contributed by atoms with Gasteiger partial charge >= 0.3 is 5.97 Å². The molecule has 0 amide bonds. The number of aliphatic carboxylic acids is 1. The Hall–Kier alpha value is -1.53. The fourth-order valence-corrected chi connectivity index (χ4v) is 1.84. The van der Waals surface area contributed by atoms with Crippen LogP contribution in [0.5, 0.6) is 0 Å². The summed E-state index contributed by atoms with van der Waals surface area (Å²) < 4.78 is 25.9. The van der Waals surface area contributed by atoms with Crippen molar-refractivity contribution >= 4 is 5.97 Å². The van der Waals surface area contributed by atoms with Crippen LogP contribution in [-0.2, 0) is 4.79 Å². The summed E-state index contributed by atoms with van der Waals surface area (Å²) in [6, 6.07) is 2.62. The van der Waals surface area contributed by atoms with Crippen molar-refractivity contribution in [3.63, 3.8) is 0 Å². The van der Waals surface area contributed by atoms with E-state index in [1.54, 1.807) is 0 Å². The van der Waals surface area contributed by atoms with E-state index in [4.69, 9.17) is 5.11 Å². The van der Waals surface area contributed by atoms with E-state index in [-0.39, 0.29) is 18.4 Å². The first kappa shape index (κ1) is 15.5. The van der Waals surface area contributed by atoms with Gasteiger partial charge in [0.2, 0.25) is 0 Å². The van der Waals surface area contributed by atoms with Gasteiger partial charge < -0.3 is 15.5 Å². The molecule has 0 aliphatic heterocycles. The molecule has 0 saturated heterocycles. The van der Waals surface area contributed by atoms with Crippen LogP contribution in [0.25, 0.3) is 0 Å². The van der Waals surface area contributed by atoms with E-state index in [0.29, 0.717) is 6.54 Å². The summed E-state index contributed by atoms with van der Waals surface area (Å²) in [7, 11) is 0. The Morgan fingerprint density at radius 2 is 2.05 bits per heavy atom. The van der Waals surface area contributed by atoms with Crippen LogP contribution in [-0.4, -0.2) is 28.8 Å². The third-order valence-corrected chi connectivity index (χ3v) is 2.80. The van der Waals surface area contributed by atoms with Gasteiger partial charge in [0, 0.05) is 12.5 Å². The molecule has 2 unspecified atom stereocenters. The lowest BCUT2D eigenvalue weighted by Crippen LogP contribution is -2.35. The van der Waals surface area contributed by atoms with E-state index in [1.165, 1.54) is 6.07 Å². The highest BCUT2D eigenvalue weighted by Gasteiger charge is 2.21. The first-order valence-corrected chi connectivity index (χ1v) is 6.04. The zero-order valence-electron chi connectivity index (χ0n) is 10.6. The van der Waals surface area contributed by atoms with Crippen LogP contribution >= 0.6 is 0 Å². The molecule has 2 atom stereocenters. The lowest BCUT2D eigenvalue weighted by atomic mass is 9.98. The molecule has 0 radical (unpaired) electrons. The lowest BCUT2D eigenvalue weighted by Gasteiger charge is -2.23. The lowest BCUT2D eigenvalue weighted by molar-refractivity contribution is -0.137. The predicted molar refractivity (Wildman–Crippen MR) is 65.7 cm³/mol. The van der Waals surface area contributed by atoms with Crippen molar-refractivity contribution in [2.75, 3.05) is 6.54 Å². The number of aliphatic hydroxyl groups excluding tert-OH is 1. The summed E-state index contributed by atoms with van der Waals surface area (Å²) in [6.45, 7) is 2.34. The Bertz CT molecular complexity index is 440. The Morgan fingerprint density at radius 3 is 2.58 bits per heavy atom. The molecule has 0 fully saturated rings. The van der Waals surface area contributed by atoms with Crippen LogP contribution in [0.4, 0.5) is 8.78 Å². The molecule has 0 spiro atoms. The van der Waals surface area contributed by atoms with Gasteiger partial charge in [0.1, 0.15) is 0 Å². The minimum atomic E-state index is -1.09. The zero-order valence-corrected chi connectivity index (χ0v) is 10.6. The number of hydrogen-bond donors (Lipinski definition) is 3. The molecule has 0 aliphatic rings. The normalized spacial score (nSPS) is 14.1. The van der Waals surface area contributed by atoms with Crippen LogP contribution in [0, 0.1) is 11.6 Å². The maximum atomic E-state index is 13.1.